The molecule has 0 saturated heterocycles. The van der Waals surface area contributed by atoms with E-state index in [0.29, 0.717) is 0 Å². The number of aromatic nitrogens is 1. The molecule has 0 unspecified atom stereocenters. The maximum atomic E-state index is 4.23. The van der Waals surface area contributed by atoms with Crippen LogP contribution in [0.4, 0.5) is 11.5 Å². The van der Waals surface area contributed by atoms with Gasteiger partial charge in [0.15, 0.2) is 0 Å². The Balaban J connectivity index is 2.29. The lowest BCUT2D eigenvalue weighted by atomic mass is 10.1. The number of nitrogens with zero attached hydrogens (tertiary/aromatic N) is 1. The molecule has 1 heterocycles. The van der Waals surface area contributed by atoms with Gasteiger partial charge in [-0.05, 0) is 43.2 Å². The maximum absolute atomic E-state index is 4.23. The summed E-state index contributed by atoms with van der Waals surface area (Å²) >= 11 is 0. The van der Waals surface area contributed by atoms with Crippen LogP contribution in [0.2, 0.25) is 0 Å². The van der Waals surface area contributed by atoms with Gasteiger partial charge in [-0.3, -0.25) is 0 Å². The van der Waals surface area contributed by atoms with Gasteiger partial charge in [-0.1, -0.05) is 18.2 Å². The maximum Gasteiger partial charge on any atom is 0.130 e. The highest BCUT2D eigenvalue weighted by Gasteiger charge is 2.00. The third-order valence-corrected chi connectivity index (χ3v) is 2.53. The molecular formula is C13H14N2. The SMILES string of the molecule is Cc1cccc(Nc2ccccn2)c1C. The molecule has 2 nitrogen and oxygen atoms in total. The summed E-state index contributed by atoms with van der Waals surface area (Å²) in [5, 5.41) is 3.30. The van der Waals surface area contributed by atoms with Crippen LogP contribution in [0.3, 0.4) is 0 Å². The Morgan fingerprint density at radius 1 is 1.00 bits per heavy atom. The molecule has 0 aliphatic carbocycles. The number of aryl methyl sites for hydroxylation is 1. The van der Waals surface area contributed by atoms with Crippen LogP contribution in [-0.2, 0) is 0 Å². The van der Waals surface area contributed by atoms with Crippen LogP contribution in [0.25, 0.3) is 0 Å². The van der Waals surface area contributed by atoms with Crippen LogP contribution >= 0.6 is 0 Å². The van der Waals surface area contributed by atoms with Crippen molar-refractivity contribution in [3.63, 3.8) is 0 Å². The van der Waals surface area contributed by atoms with Crippen LogP contribution in [0.15, 0.2) is 42.6 Å². The second-order valence-electron chi connectivity index (χ2n) is 3.59. The molecule has 2 heteroatoms. The summed E-state index contributed by atoms with van der Waals surface area (Å²) in [4.78, 5) is 4.23. The van der Waals surface area contributed by atoms with Gasteiger partial charge in [-0.15, -0.1) is 0 Å². The summed E-state index contributed by atoms with van der Waals surface area (Å²) in [5.41, 5.74) is 3.67. The first-order valence-electron chi connectivity index (χ1n) is 5.01. The minimum atomic E-state index is 0.881. The fraction of sp³-hybridized carbons (Fsp3) is 0.154. The topological polar surface area (TPSA) is 24.9 Å². The summed E-state index contributed by atoms with van der Waals surface area (Å²) in [7, 11) is 0. The number of pyridine rings is 1. The van der Waals surface area contributed by atoms with E-state index in [9.17, 15) is 0 Å². The number of rotatable bonds is 2. The number of benzene rings is 1. The fourth-order valence-electron chi connectivity index (χ4n) is 1.46. The molecule has 0 spiro atoms. The number of nitrogens with one attached hydrogen (secondary N) is 1. The lowest BCUT2D eigenvalue weighted by Gasteiger charge is -2.10. The average Bonchev–Trinajstić information content (AvgIpc) is 2.26. The van der Waals surface area contributed by atoms with Gasteiger partial charge in [-0.2, -0.15) is 0 Å². The Kier molecular flexibility index (Phi) is 2.68. The quantitative estimate of drug-likeness (QED) is 0.799. The summed E-state index contributed by atoms with van der Waals surface area (Å²) < 4.78 is 0. The molecule has 1 aromatic heterocycles. The summed E-state index contributed by atoms with van der Waals surface area (Å²) in [5.74, 6) is 0.881. The lowest BCUT2D eigenvalue weighted by molar-refractivity contribution is 1.28. The number of anilines is 2. The second kappa shape index (κ2) is 4.13. The predicted molar refractivity (Wildman–Crippen MR) is 63.4 cm³/mol. The Morgan fingerprint density at radius 2 is 1.87 bits per heavy atom. The molecule has 0 amide bonds. The van der Waals surface area contributed by atoms with E-state index >= 15 is 0 Å². The normalized spacial score (nSPS) is 10.0. The van der Waals surface area contributed by atoms with Gasteiger partial charge in [0.1, 0.15) is 5.82 Å². The molecule has 0 fully saturated rings. The first kappa shape index (κ1) is 9.71. The van der Waals surface area contributed by atoms with Crippen molar-refractivity contribution in [2.24, 2.45) is 0 Å². The van der Waals surface area contributed by atoms with Gasteiger partial charge < -0.3 is 5.32 Å². The Labute approximate surface area is 90.0 Å². The predicted octanol–water partition coefficient (Wildman–Crippen LogP) is 3.44. The molecular weight excluding hydrogens is 184 g/mol. The molecule has 2 rings (SSSR count). The Morgan fingerprint density at radius 3 is 2.60 bits per heavy atom. The standard InChI is InChI=1S/C13H14N2/c1-10-6-5-7-12(11(10)2)15-13-8-3-4-9-14-13/h3-9H,1-2H3,(H,14,15). The molecule has 0 aliphatic heterocycles. The van der Waals surface area contributed by atoms with Crippen molar-refractivity contribution in [1.29, 1.82) is 0 Å². The van der Waals surface area contributed by atoms with E-state index in [1.54, 1.807) is 6.20 Å². The highest BCUT2D eigenvalue weighted by molar-refractivity contribution is 5.61. The molecule has 0 atom stereocenters. The van der Waals surface area contributed by atoms with Crippen molar-refractivity contribution in [3.8, 4) is 0 Å². The fourth-order valence-corrected chi connectivity index (χ4v) is 1.46. The highest BCUT2D eigenvalue weighted by atomic mass is 15.0. The third kappa shape index (κ3) is 2.15. The van der Waals surface area contributed by atoms with Gasteiger partial charge in [0.05, 0.1) is 0 Å². The van der Waals surface area contributed by atoms with E-state index in [0.717, 1.165) is 11.5 Å². The van der Waals surface area contributed by atoms with E-state index in [1.807, 2.05) is 24.3 Å². The molecule has 1 N–H and O–H groups in total. The number of hydrogen-bond donors (Lipinski definition) is 1. The van der Waals surface area contributed by atoms with Crippen LogP contribution in [-0.4, -0.2) is 4.98 Å². The molecule has 0 aliphatic rings. The number of hydrogen-bond acceptors (Lipinski definition) is 2. The Hall–Kier alpha value is -1.83. The van der Waals surface area contributed by atoms with Crippen LogP contribution in [0, 0.1) is 13.8 Å². The van der Waals surface area contributed by atoms with Gasteiger partial charge in [-0.25, -0.2) is 4.98 Å². The zero-order valence-corrected chi connectivity index (χ0v) is 8.99. The van der Waals surface area contributed by atoms with E-state index in [-0.39, 0.29) is 0 Å². The monoisotopic (exact) mass is 198 g/mol. The van der Waals surface area contributed by atoms with Gasteiger partial charge in [0.25, 0.3) is 0 Å². The van der Waals surface area contributed by atoms with Gasteiger partial charge >= 0.3 is 0 Å². The molecule has 0 bridgehead atoms. The first-order chi connectivity index (χ1) is 7.27. The molecule has 0 radical (unpaired) electrons. The molecule has 2 aromatic rings. The van der Waals surface area contributed by atoms with Crippen LogP contribution in [0.5, 0.6) is 0 Å². The lowest BCUT2D eigenvalue weighted by Crippen LogP contribution is -1.96. The molecule has 1 aromatic carbocycles. The van der Waals surface area contributed by atoms with Crippen LogP contribution in [0.1, 0.15) is 11.1 Å². The third-order valence-electron chi connectivity index (χ3n) is 2.53. The Bertz CT molecular complexity index is 449. The van der Waals surface area contributed by atoms with Crippen molar-refractivity contribution in [1.82, 2.24) is 4.98 Å². The van der Waals surface area contributed by atoms with E-state index in [2.05, 4.69) is 36.3 Å². The first-order valence-corrected chi connectivity index (χ1v) is 5.01. The van der Waals surface area contributed by atoms with E-state index in [4.69, 9.17) is 0 Å². The molecule has 15 heavy (non-hydrogen) atoms. The minimum Gasteiger partial charge on any atom is -0.340 e. The van der Waals surface area contributed by atoms with Crippen molar-refractivity contribution in [3.05, 3.63) is 53.7 Å². The second-order valence-corrected chi connectivity index (χ2v) is 3.59. The van der Waals surface area contributed by atoms with E-state index < -0.39 is 0 Å². The van der Waals surface area contributed by atoms with Gasteiger partial charge in [0, 0.05) is 11.9 Å². The van der Waals surface area contributed by atoms with Crippen molar-refractivity contribution in [2.45, 2.75) is 13.8 Å². The van der Waals surface area contributed by atoms with Crippen LogP contribution < -0.4 is 5.32 Å². The molecule has 0 saturated carbocycles. The van der Waals surface area contributed by atoms with Crippen molar-refractivity contribution in [2.75, 3.05) is 5.32 Å². The largest absolute Gasteiger partial charge is 0.340 e. The van der Waals surface area contributed by atoms with Gasteiger partial charge in [0.2, 0.25) is 0 Å². The minimum absolute atomic E-state index is 0.881. The van der Waals surface area contributed by atoms with Crippen molar-refractivity contribution < 1.29 is 0 Å². The zero-order valence-electron chi connectivity index (χ0n) is 8.99. The summed E-state index contributed by atoms with van der Waals surface area (Å²) in [6.45, 7) is 4.22. The van der Waals surface area contributed by atoms with E-state index in [1.165, 1.54) is 11.1 Å². The summed E-state index contributed by atoms with van der Waals surface area (Å²) in [6, 6.07) is 12.1. The smallest absolute Gasteiger partial charge is 0.130 e. The molecule has 76 valence electrons. The zero-order chi connectivity index (χ0) is 10.7. The van der Waals surface area contributed by atoms with Crippen molar-refractivity contribution >= 4 is 11.5 Å². The average molecular weight is 198 g/mol. The highest BCUT2D eigenvalue weighted by Crippen LogP contribution is 2.21. The summed E-state index contributed by atoms with van der Waals surface area (Å²) in [6.07, 6.45) is 1.79.